The summed E-state index contributed by atoms with van der Waals surface area (Å²) in [4.78, 5) is 18.1. The molecule has 0 saturated carbocycles. The number of anilines is 1. The lowest BCUT2D eigenvalue weighted by Gasteiger charge is -2.18. The predicted octanol–water partition coefficient (Wildman–Crippen LogP) is 2.99. The Balaban J connectivity index is 2.08. The minimum absolute atomic E-state index is 0.368. The van der Waals surface area contributed by atoms with E-state index in [1.165, 1.54) is 11.3 Å². The van der Waals surface area contributed by atoms with Crippen LogP contribution in [0.5, 0.6) is 0 Å². The molecule has 1 aliphatic heterocycles. The van der Waals surface area contributed by atoms with Crippen LogP contribution in [0.25, 0.3) is 0 Å². The largest absolute Gasteiger partial charge is 0.455 e. The van der Waals surface area contributed by atoms with Crippen LogP contribution in [0.15, 0.2) is 29.8 Å². The van der Waals surface area contributed by atoms with Gasteiger partial charge in [0, 0.05) is 18.1 Å². The van der Waals surface area contributed by atoms with Crippen molar-refractivity contribution in [2.75, 3.05) is 11.4 Å². The van der Waals surface area contributed by atoms with Gasteiger partial charge in [0.2, 0.25) is 0 Å². The predicted molar refractivity (Wildman–Crippen MR) is 72.9 cm³/mol. The number of carbonyl (C=O) groups is 1. The summed E-state index contributed by atoms with van der Waals surface area (Å²) in [7, 11) is 0. The van der Waals surface area contributed by atoms with Gasteiger partial charge in [0.1, 0.15) is 5.60 Å². The monoisotopic (exact) mass is 264 g/mol. The van der Waals surface area contributed by atoms with Crippen LogP contribution in [0.3, 0.4) is 0 Å². The van der Waals surface area contributed by atoms with Crippen molar-refractivity contribution < 1.29 is 9.53 Å². The van der Waals surface area contributed by atoms with E-state index in [0.29, 0.717) is 5.69 Å². The maximum absolute atomic E-state index is 11.8. The molecule has 0 N–H and O–H groups in total. The number of allylic oxidation sites excluding steroid dienone is 2. The fraction of sp³-hybridized carbons (Fsp3) is 0.385. The maximum atomic E-state index is 11.8. The zero-order valence-corrected chi connectivity index (χ0v) is 11.5. The second kappa shape index (κ2) is 4.94. The van der Waals surface area contributed by atoms with Gasteiger partial charge in [0.25, 0.3) is 0 Å². The van der Waals surface area contributed by atoms with Crippen molar-refractivity contribution in [2.45, 2.75) is 26.4 Å². The van der Waals surface area contributed by atoms with E-state index in [-0.39, 0.29) is 5.97 Å². The van der Waals surface area contributed by atoms with E-state index < -0.39 is 5.60 Å². The van der Waals surface area contributed by atoms with Crippen LogP contribution in [0.4, 0.5) is 5.13 Å². The van der Waals surface area contributed by atoms with Gasteiger partial charge in [0.15, 0.2) is 10.8 Å². The number of aromatic nitrogens is 1. The molecule has 0 bridgehead atoms. The van der Waals surface area contributed by atoms with Crippen LogP contribution in [-0.4, -0.2) is 23.1 Å². The standard InChI is InChI=1S/C13H16N2O2S/c1-13(2,3)17-11(16)10-9-18-12(14-10)15-7-5-4-6-8-15/h4-7,9H,8H2,1-3H3. The number of hydrogen-bond donors (Lipinski definition) is 0. The van der Waals surface area contributed by atoms with Gasteiger partial charge in [-0.25, -0.2) is 9.78 Å². The molecule has 1 aromatic rings. The Labute approximate surface area is 111 Å². The summed E-state index contributed by atoms with van der Waals surface area (Å²) in [5.41, 5.74) is -0.123. The third kappa shape index (κ3) is 3.20. The zero-order valence-electron chi connectivity index (χ0n) is 10.7. The summed E-state index contributed by atoms with van der Waals surface area (Å²) in [6, 6.07) is 0. The first-order valence-electron chi connectivity index (χ1n) is 5.74. The molecule has 0 radical (unpaired) electrons. The van der Waals surface area contributed by atoms with Gasteiger partial charge in [-0.1, -0.05) is 12.2 Å². The Morgan fingerprint density at radius 2 is 2.22 bits per heavy atom. The lowest BCUT2D eigenvalue weighted by molar-refractivity contribution is 0.00638. The van der Waals surface area contributed by atoms with Crippen LogP contribution >= 0.6 is 11.3 Å². The first-order valence-corrected chi connectivity index (χ1v) is 6.62. The fourth-order valence-corrected chi connectivity index (χ4v) is 2.22. The molecular weight excluding hydrogens is 248 g/mol. The molecular formula is C13H16N2O2S. The molecule has 0 spiro atoms. The van der Waals surface area contributed by atoms with E-state index in [4.69, 9.17) is 4.74 Å². The highest BCUT2D eigenvalue weighted by atomic mass is 32.1. The van der Waals surface area contributed by atoms with Crippen molar-refractivity contribution >= 4 is 22.4 Å². The number of ether oxygens (including phenoxy) is 1. The highest BCUT2D eigenvalue weighted by molar-refractivity contribution is 7.14. The summed E-state index contributed by atoms with van der Waals surface area (Å²) in [5, 5.41) is 2.53. The van der Waals surface area contributed by atoms with Crippen LogP contribution < -0.4 is 4.90 Å². The van der Waals surface area contributed by atoms with Crippen LogP contribution in [0, 0.1) is 0 Å². The van der Waals surface area contributed by atoms with Crippen molar-refractivity contribution in [3.8, 4) is 0 Å². The minimum Gasteiger partial charge on any atom is -0.455 e. The average molecular weight is 264 g/mol. The summed E-state index contributed by atoms with van der Waals surface area (Å²) < 4.78 is 5.28. The zero-order chi connectivity index (χ0) is 13.2. The Kier molecular flexibility index (Phi) is 3.52. The second-order valence-electron chi connectivity index (χ2n) is 4.94. The van der Waals surface area contributed by atoms with E-state index in [1.807, 2.05) is 50.1 Å². The molecule has 0 unspecified atom stereocenters. The normalized spacial score (nSPS) is 14.9. The summed E-state index contributed by atoms with van der Waals surface area (Å²) >= 11 is 1.44. The molecule has 0 atom stereocenters. The Hall–Kier alpha value is -1.62. The molecule has 18 heavy (non-hydrogen) atoms. The highest BCUT2D eigenvalue weighted by Gasteiger charge is 2.21. The van der Waals surface area contributed by atoms with Gasteiger partial charge in [-0.15, -0.1) is 11.3 Å². The lowest BCUT2D eigenvalue weighted by atomic mass is 10.2. The molecule has 0 aliphatic carbocycles. The van der Waals surface area contributed by atoms with Crippen molar-refractivity contribution in [2.24, 2.45) is 0 Å². The Morgan fingerprint density at radius 3 is 2.83 bits per heavy atom. The number of hydrogen-bond acceptors (Lipinski definition) is 5. The molecule has 5 heteroatoms. The van der Waals surface area contributed by atoms with Crippen molar-refractivity contribution in [1.82, 2.24) is 4.98 Å². The number of carbonyl (C=O) groups excluding carboxylic acids is 1. The van der Waals surface area contributed by atoms with E-state index in [1.54, 1.807) is 5.38 Å². The number of thiazole rings is 1. The summed E-state index contributed by atoms with van der Waals surface area (Å²) in [6.45, 7) is 6.31. The number of rotatable bonds is 2. The molecule has 2 rings (SSSR count). The van der Waals surface area contributed by atoms with Gasteiger partial charge in [-0.3, -0.25) is 0 Å². The molecule has 1 aliphatic rings. The number of nitrogens with zero attached hydrogens (tertiary/aromatic N) is 2. The highest BCUT2D eigenvalue weighted by Crippen LogP contribution is 2.23. The minimum atomic E-state index is -0.491. The quantitative estimate of drug-likeness (QED) is 0.770. The maximum Gasteiger partial charge on any atom is 0.358 e. The molecule has 0 aromatic carbocycles. The van der Waals surface area contributed by atoms with E-state index in [0.717, 1.165) is 11.7 Å². The average Bonchev–Trinajstić information content (AvgIpc) is 2.77. The fourth-order valence-electron chi connectivity index (χ4n) is 1.43. The molecule has 0 fully saturated rings. The molecule has 96 valence electrons. The van der Waals surface area contributed by atoms with Crippen LogP contribution in [-0.2, 0) is 4.74 Å². The molecule has 0 saturated heterocycles. The van der Waals surface area contributed by atoms with E-state index in [9.17, 15) is 4.79 Å². The first-order chi connectivity index (χ1) is 8.46. The van der Waals surface area contributed by atoms with Gasteiger partial charge in [-0.2, -0.15) is 0 Å². The summed E-state index contributed by atoms with van der Waals surface area (Å²) in [5.74, 6) is -0.374. The van der Waals surface area contributed by atoms with Gasteiger partial charge in [0.05, 0.1) is 0 Å². The van der Waals surface area contributed by atoms with Crippen molar-refractivity contribution in [1.29, 1.82) is 0 Å². The molecule has 4 nitrogen and oxygen atoms in total. The number of esters is 1. The molecule has 0 amide bonds. The smallest absolute Gasteiger partial charge is 0.358 e. The Morgan fingerprint density at radius 1 is 1.44 bits per heavy atom. The first kappa shape index (κ1) is 12.8. The third-order valence-electron chi connectivity index (χ3n) is 2.16. The van der Waals surface area contributed by atoms with Crippen LogP contribution in [0.2, 0.25) is 0 Å². The third-order valence-corrected chi connectivity index (χ3v) is 3.04. The molecule has 2 heterocycles. The van der Waals surface area contributed by atoms with E-state index in [2.05, 4.69) is 4.98 Å². The van der Waals surface area contributed by atoms with Gasteiger partial charge >= 0.3 is 5.97 Å². The lowest BCUT2D eigenvalue weighted by Crippen LogP contribution is -2.24. The van der Waals surface area contributed by atoms with Gasteiger partial charge < -0.3 is 9.64 Å². The Bertz CT molecular complexity index is 497. The van der Waals surface area contributed by atoms with E-state index >= 15 is 0 Å². The summed E-state index contributed by atoms with van der Waals surface area (Å²) in [6.07, 6.45) is 7.91. The van der Waals surface area contributed by atoms with Crippen molar-refractivity contribution in [3.05, 3.63) is 35.5 Å². The second-order valence-corrected chi connectivity index (χ2v) is 5.78. The molecule has 1 aromatic heterocycles. The van der Waals surface area contributed by atoms with Gasteiger partial charge in [-0.05, 0) is 26.8 Å². The topological polar surface area (TPSA) is 42.4 Å². The van der Waals surface area contributed by atoms with Crippen molar-refractivity contribution in [3.63, 3.8) is 0 Å². The van der Waals surface area contributed by atoms with Crippen LogP contribution in [0.1, 0.15) is 31.3 Å². The SMILES string of the molecule is CC(C)(C)OC(=O)c1csc(N2C=CC=CC2)n1.